The SMILES string of the molecule is CCCCN1C(=O)C(O)=C(C(=O)c2sc(C)nc2C)C1c1cccc(OC(C)C)c1. The molecular weight excluding hydrogens is 400 g/mol. The highest BCUT2D eigenvalue weighted by Gasteiger charge is 2.44. The second-order valence-corrected chi connectivity index (χ2v) is 8.94. The zero-order chi connectivity index (χ0) is 22.0. The number of Topliss-reactive ketones (excluding diaryl/α,β-unsaturated/α-hetero) is 1. The van der Waals surface area contributed by atoms with Gasteiger partial charge in [-0.05, 0) is 51.8 Å². The monoisotopic (exact) mass is 428 g/mol. The summed E-state index contributed by atoms with van der Waals surface area (Å²) in [5.74, 6) is -0.663. The zero-order valence-corrected chi connectivity index (χ0v) is 18.9. The molecule has 0 bridgehead atoms. The van der Waals surface area contributed by atoms with Crippen LogP contribution in [0.2, 0.25) is 0 Å². The van der Waals surface area contributed by atoms with Gasteiger partial charge in [-0.15, -0.1) is 11.3 Å². The lowest BCUT2D eigenvalue weighted by Crippen LogP contribution is -2.32. The molecule has 6 nitrogen and oxygen atoms in total. The van der Waals surface area contributed by atoms with Crippen LogP contribution in [0.1, 0.15) is 65.6 Å². The van der Waals surface area contributed by atoms with Crippen molar-refractivity contribution in [2.24, 2.45) is 0 Å². The molecule has 0 saturated carbocycles. The lowest BCUT2D eigenvalue weighted by Gasteiger charge is -2.27. The quantitative estimate of drug-likeness (QED) is 0.603. The molecule has 1 aliphatic heterocycles. The van der Waals surface area contributed by atoms with E-state index in [4.69, 9.17) is 4.74 Å². The van der Waals surface area contributed by atoms with Gasteiger partial charge in [-0.25, -0.2) is 4.98 Å². The summed E-state index contributed by atoms with van der Waals surface area (Å²) >= 11 is 1.28. The number of aliphatic hydroxyl groups excluding tert-OH is 1. The molecule has 7 heteroatoms. The lowest BCUT2D eigenvalue weighted by atomic mass is 9.94. The van der Waals surface area contributed by atoms with E-state index in [1.165, 1.54) is 11.3 Å². The third-order valence-corrected chi connectivity index (χ3v) is 6.03. The van der Waals surface area contributed by atoms with Crippen LogP contribution in [0.15, 0.2) is 35.6 Å². The molecule has 0 spiro atoms. The van der Waals surface area contributed by atoms with Crippen molar-refractivity contribution in [3.8, 4) is 5.75 Å². The maximum absolute atomic E-state index is 13.4. The molecule has 3 rings (SSSR count). The Kier molecular flexibility index (Phi) is 6.61. The van der Waals surface area contributed by atoms with Crippen molar-refractivity contribution < 1.29 is 19.4 Å². The lowest BCUT2D eigenvalue weighted by molar-refractivity contribution is -0.129. The van der Waals surface area contributed by atoms with Crippen molar-refractivity contribution in [2.75, 3.05) is 6.54 Å². The topological polar surface area (TPSA) is 79.7 Å². The van der Waals surface area contributed by atoms with Gasteiger partial charge in [-0.3, -0.25) is 9.59 Å². The molecule has 0 radical (unpaired) electrons. The van der Waals surface area contributed by atoms with Gasteiger partial charge in [0.05, 0.1) is 33.3 Å². The van der Waals surface area contributed by atoms with E-state index in [-0.39, 0.29) is 17.5 Å². The number of thiazole rings is 1. The standard InChI is InChI=1S/C23H28N2O4S/c1-6-7-11-25-19(16-9-8-10-17(12-16)29-13(2)3)18(21(27)23(25)28)20(26)22-14(4)24-15(5)30-22/h8-10,12-13,19,27H,6-7,11H2,1-5H3. The summed E-state index contributed by atoms with van der Waals surface area (Å²) in [4.78, 5) is 32.7. The van der Waals surface area contributed by atoms with E-state index in [1.807, 2.05) is 52.0 Å². The first-order chi connectivity index (χ1) is 14.2. The molecule has 1 N–H and O–H groups in total. The number of carbonyl (C=O) groups is 2. The minimum atomic E-state index is -0.658. The third kappa shape index (κ3) is 4.26. The molecule has 1 amide bonds. The Morgan fingerprint density at radius 1 is 1.33 bits per heavy atom. The summed E-state index contributed by atoms with van der Waals surface area (Å²) in [6.07, 6.45) is 1.66. The minimum absolute atomic E-state index is 0.00507. The first-order valence-corrected chi connectivity index (χ1v) is 11.1. The highest BCUT2D eigenvalue weighted by molar-refractivity contribution is 7.14. The molecule has 0 saturated heterocycles. The number of aliphatic hydroxyl groups is 1. The van der Waals surface area contributed by atoms with Crippen LogP contribution in [-0.4, -0.2) is 39.3 Å². The highest BCUT2D eigenvalue weighted by atomic mass is 32.1. The summed E-state index contributed by atoms with van der Waals surface area (Å²) in [6, 6.07) is 6.73. The summed E-state index contributed by atoms with van der Waals surface area (Å²) in [7, 11) is 0. The molecule has 1 unspecified atom stereocenters. The van der Waals surface area contributed by atoms with Gasteiger partial charge in [0, 0.05) is 6.54 Å². The second-order valence-electron chi connectivity index (χ2n) is 7.73. The average molecular weight is 429 g/mol. The predicted octanol–water partition coefficient (Wildman–Crippen LogP) is 4.93. The number of rotatable bonds is 8. The van der Waals surface area contributed by atoms with Crippen molar-refractivity contribution >= 4 is 23.0 Å². The molecule has 1 aliphatic rings. The number of ether oxygens (including phenoxy) is 1. The summed E-state index contributed by atoms with van der Waals surface area (Å²) in [6.45, 7) is 9.97. The van der Waals surface area contributed by atoms with E-state index >= 15 is 0 Å². The van der Waals surface area contributed by atoms with Crippen LogP contribution >= 0.6 is 11.3 Å². The molecule has 1 aromatic carbocycles. The molecule has 2 heterocycles. The Labute approximate surface area is 181 Å². The number of hydrogen-bond acceptors (Lipinski definition) is 6. The van der Waals surface area contributed by atoms with Crippen molar-refractivity contribution in [1.82, 2.24) is 9.88 Å². The fraction of sp³-hybridized carbons (Fsp3) is 0.435. The Bertz CT molecular complexity index is 993. The smallest absolute Gasteiger partial charge is 0.290 e. The number of unbranched alkanes of at least 4 members (excludes halogenated alkanes) is 1. The van der Waals surface area contributed by atoms with Crippen molar-refractivity contribution in [3.05, 3.63) is 56.7 Å². The summed E-state index contributed by atoms with van der Waals surface area (Å²) < 4.78 is 5.81. The van der Waals surface area contributed by atoms with E-state index in [0.29, 0.717) is 22.9 Å². The molecule has 0 fully saturated rings. The normalized spacial score (nSPS) is 16.7. The maximum Gasteiger partial charge on any atom is 0.290 e. The third-order valence-electron chi connectivity index (χ3n) is 4.96. The number of aromatic nitrogens is 1. The number of nitrogens with zero attached hydrogens (tertiary/aromatic N) is 2. The van der Waals surface area contributed by atoms with E-state index in [2.05, 4.69) is 4.98 Å². The zero-order valence-electron chi connectivity index (χ0n) is 18.1. The van der Waals surface area contributed by atoms with Gasteiger partial charge in [0.25, 0.3) is 5.91 Å². The van der Waals surface area contributed by atoms with Gasteiger partial charge < -0.3 is 14.7 Å². The number of carbonyl (C=O) groups excluding carboxylic acids is 2. The molecular formula is C23H28N2O4S. The Morgan fingerprint density at radius 2 is 2.07 bits per heavy atom. The van der Waals surface area contributed by atoms with Crippen LogP contribution in [0.3, 0.4) is 0 Å². The molecule has 160 valence electrons. The number of hydrogen-bond donors (Lipinski definition) is 1. The molecule has 1 aromatic heterocycles. The predicted molar refractivity (Wildman–Crippen MR) is 117 cm³/mol. The van der Waals surface area contributed by atoms with Gasteiger partial charge in [-0.2, -0.15) is 0 Å². The van der Waals surface area contributed by atoms with Crippen molar-refractivity contribution in [2.45, 2.75) is 59.6 Å². The number of aryl methyl sites for hydroxylation is 2. The largest absolute Gasteiger partial charge is 0.503 e. The second kappa shape index (κ2) is 9.00. The van der Waals surface area contributed by atoms with Gasteiger partial charge >= 0.3 is 0 Å². The number of benzene rings is 1. The van der Waals surface area contributed by atoms with E-state index in [0.717, 1.165) is 23.4 Å². The van der Waals surface area contributed by atoms with E-state index in [1.54, 1.807) is 11.8 Å². The van der Waals surface area contributed by atoms with Crippen LogP contribution < -0.4 is 4.74 Å². The van der Waals surface area contributed by atoms with Crippen LogP contribution in [0.5, 0.6) is 5.75 Å². The maximum atomic E-state index is 13.4. The van der Waals surface area contributed by atoms with Crippen LogP contribution in [0.4, 0.5) is 0 Å². The van der Waals surface area contributed by atoms with E-state index in [9.17, 15) is 14.7 Å². The van der Waals surface area contributed by atoms with Gasteiger partial charge in [0.2, 0.25) is 5.78 Å². The molecule has 2 aromatic rings. The Hall–Kier alpha value is -2.67. The summed E-state index contributed by atoms with van der Waals surface area (Å²) in [5.41, 5.74) is 1.46. The van der Waals surface area contributed by atoms with Crippen LogP contribution in [0, 0.1) is 13.8 Å². The Morgan fingerprint density at radius 3 is 2.67 bits per heavy atom. The Balaban J connectivity index is 2.09. The van der Waals surface area contributed by atoms with Crippen LogP contribution in [0.25, 0.3) is 0 Å². The van der Waals surface area contributed by atoms with Crippen LogP contribution in [-0.2, 0) is 4.79 Å². The highest BCUT2D eigenvalue weighted by Crippen LogP contribution is 2.41. The number of amides is 1. The van der Waals surface area contributed by atoms with Crippen molar-refractivity contribution in [3.63, 3.8) is 0 Å². The fourth-order valence-corrected chi connectivity index (χ4v) is 4.56. The first kappa shape index (κ1) is 22.0. The molecule has 0 aliphatic carbocycles. The number of ketones is 1. The molecule has 1 atom stereocenters. The summed E-state index contributed by atoms with van der Waals surface area (Å²) in [5, 5.41) is 11.5. The molecule has 30 heavy (non-hydrogen) atoms. The van der Waals surface area contributed by atoms with Gasteiger partial charge in [0.15, 0.2) is 5.76 Å². The van der Waals surface area contributed by atoms with Gasteiger partial charge in [-0.1, -0.05) is 25.5 Å². The average Bonchev–Trinajstić information content (AvgIpc) is 3.15. The van der Waals surface area contributed by atoms with Gasteiger partial charge in [0.1, 0.15) is 5.75 Å². The van der Waals surface area contributed by atoms with Crippen molar-refractivity contribution in [1.29, 1.82) is 0 Å². The fourth-order valence-electron chi connectivity index (χ4n) is 3.69. The van der Waals surface area contributed by atoms with E-state index < -0.39 is 17.7 Å². The first-order valence-electron chi connectivity index (χ1n) is 10.2. The minimum Gasteiger partial charge on any atom is -0.503 e.